The van der Waals surface area contributed by atoms with E-state index in [0.29, 0.717) is 11.8 Å². The fourth-order valence-electron chi connectivity index (χ4n) is 7.90. The van der Waals surface area contributed by atoms with E-state index in [1.807, 2.05) is 22.7 Å². The number of fused-ring (bicyclic) bond motifs is 6. The molecule has 8 aromatic carbocycles. The molecule has 0 unspecified atom stereocenters. The van der Waals surface area contributed by atoms with Crippen LogP contribution in [0.25, 0.3) is 108 Å². The highest BCUT2D eigenvalue weighted by Gasteiger charge is 2.17. The molecular formula is C50H30N2OS2. The average molecular weight is 739 g/mol. The zero-order valence-electron chi connectivity index (χ0n) is 29.4. The second kappa shape index (κ2) is 13.0. The van der Waals surface area contributed by atoms with Gasteiger partial charge in [-0.15, -0.1) is 32.9 Å². The van der Waals surface area contributed by atoms with Crippen LogP contribution in [0.5, 0.6) is 0 Å². The molecule has 11 aromatic rings. The molecule has 11 rings (SSSR count). The number of aromatic nitrogens is 2. The van der Waals surface area contributed by atoms with Gasteiger partial charge in [0.25, 0.3) is 0 Å². The first-order valence-electron chi connectivity index (χ1n) is 18.3. The second-order valence-electron chi connectivity index (χ2n) is 13.7. The van der Waals surface area contributed by atoms with Gasteiger partial charge in [-0.2, -0.15) is 0 Å². The topological polar surface area (TPSA) is 38.9 Å². The van der Waals surface area contributed by atoms with Crippen LogP contribution in [0.1, 0.15) is 0 Å². The Balaban J connectivity index is 0.880. The van der Waals surface area contributed by atoms with Crippen LogP contribution in [0.3, 0.4) is 0 Å². The summed E-state index contributed by atoms with van der Waals surface area (Å²) < 4.78 is 11.5. The van der Waals surface area contributed by atoms with Crippen LogP contribution in [0, 0.1) is 0 Å². The van der Waals surface area contributed by atoms with Gasteiger partial charge in [-0.1, -0.05) is 146 Å². The Morgan fingerprint density at radius 1 is 0.291 bits per heavy atom. The van der Waals surface area contributed by atoms with E-state index in [-0.39, 0.29) is 0 Å². The molecule has 5 heteroatoms. The van der Waals surface area contributed by atoms with Crippen LogP contribution in [-0.4, -0.2) is 10.2 Å². The van der Waals surface area contributed by atoms with Crippen molar-refractivity contribution in [3.8, 4) is 67.4 Å². The van der Waals surface area contributed by atoms with Crippen molar-refractivity contribution in [1.82, 2.24) is 10.2 Å². The molecule has 0 bridgehead atoms. The maximum atomic E-state index is 6.27. The van der Waals surface area contributed by atoms with Crippen LogP contribution in [-0.2, 0) is 0 Å². The van der Waals surface area contributed by atoms with Gasteiger partial charge in [-0.3, -0.25) is 0 Å². The van der Waals surface area contributed by atoms with Crippen molar-refractivity contribution >= 4 is 63.0 Å². The lowest BCUT2D eigenvalue weighted by molar-refractivity contribution is 0.584. The number of thiophene rings is 2. The summed E-state index contributed by atoms with van der Waals surface area (Å²) in [6.45, 7) is 0. The van der Waals surface area contributed by atoms with E-state index in [1.165, 1.54) is 73.7 Å². The van der Waals surface area contributed by atoms with Gasteiger partial charge in [0.2, 0.25) is 11.8 Å². The molecule has 0 aliphatic rings. The van der Waals surface area contributed by atoms with Crippen molar-refractivity contribution in [1.29, 1.82) is 0 Å². The summed E-state index contributed by atoms with van der Waals surface area (Å²) in [6.07, 6.45) is 0. The summed E-state index contributed by atoms with van der Waals surface area (Å²) in [5.41, 5.74) is 11.4. The first-order valence-corrected chi connectivity index (χ1v) is 19.9. The highest BCUT2D eigenvalue weighted by Crippen LogP contribution is 2.44. The van der Waals surface area contributed by atoms with Gasteiger partial charge in [0.1, 0.15) is 0 Å². The predicted molar refractivity (Wildman–Crippen MR) is 233 cm³/mol. The van der Waals surface area contributed by atoms with E-state index >= 15 is 0 Å². The Bertz CT molecular complexity index is 2990. The zero-order valence-corrected chi connectivity index (χ0v) is 31.1. The molecule has 0 spiro atoms. The number of hydrogen-bond acceptors (Lipinski definition) is 5. The van der Waals surface area contributed by atoms with Crippen LogP contribution < -0.4 is 0 Å². The molecule has 3 aromatic heterocycles. The first kappa shape index (κ1) is 31.8. The molecule has 0 saturated heterocycles. The van der Waals surface area contributed by atoms with Crippen molar-refractivity contribution in [2.45, 2.75) is 0 Å². The van der Waals surface area contributed by atoms with Crippen molar-refractivity contribution in [2.75, 3.05) is 0 Å². The summed E-state index contributed by atoms with van der Waals surface area (Å²) in [5.74, 6) is 0.992. The monoisotopic (exact) mass is 738 g/mol. The lowest BCUT2D eigenvalue weighted by atomic mass is 9.93. The molecule has 55 heavy (non-hydrogen) atoms. The molecule has 258 valence electrons. The van der Waals surface area contributed by atoms with Gasteiger partial charge in [0.05, 0.1) is 0 Å². The van der Waals surface area contributed by atoms with Gasteiger partial charge in [-0.25, -0.2) is 0 Å². The Labute approximate surface area is 325 Å². The molecule has 0 fully saturated rings. The number of rotatable bonds is 6. The van der Waals surface area contributed by atoms with Crippen molar-refractivity contribution in [2.24, 2.45) is 0 Å². The highest BCUT2D eigenvalue weighted by molar-refractivity contribution is 7.26. The summed E-state index contributed by atoms with van der Waals surface area (Å²) in [5, 5.41) is 14.1. The van der Waals surface area contributed by atoms with Gasteiger partial charge < -0.3 is 4.42 Å². The summed E-state index contributed by atoms with van der Waals surface area (Å²) in [7, 11) is 0. The lowest BCUT2D eigenvalue weighted by Crippen LogP contribution is -1.86. The van der Waals surface area contributed by atoms with Crippen LogP contribution in [0.15, 0.2) is 186 Å². The minimum Gasteiger partial charge on any atom is -0.416 e. The van der Waals surface area contributed by atoms with Gasteiger partial charge >= 0.3 is 0 Å². The van der Waals surface area contributed by atoms with Crippen molar-refractivity contribution in [3.05, 3.63) is 182 Å². The lowest BCUT2D eigenvalue weighted by Gasteiger charge is -2.12. The van der Waals surface area contributed by atoms with Crippen LogP contribution in [0.2, 0.25) is 0 Å². The Hall–Kier alpha value is -6.66. The van der Waals surface area contributed by atoms with Gasteiger partial charge in [-0.05, 0) is 69.8 Å². The predicted octanol–water partition coefficient (Wildman–Crippen LogP) is 14.8. The molecule has 0 amide bonds. The molecule has 0 radical (unpaired) electrons. The van der Waals surface area contributed by atoms with E-state index in [4.69, 9.17) is 4.42 Å². The van der Waals surface area contributed by atoms with Crippen LogP contribution >= 0.6 is 22.7 Å². The Morgan fingerprint density at radius 2 is 0.636 bits per heavy atom. The Morgan fingerprint density at radius 3 is 1.09 bits per heavy atom. The van der Waals surface area contributed by atoms with E-state index in [0.717, 1.165) is 22.3 Å². The maximum absolute atomic E-state index is 6.27. The molecular weight excluding hydrogens is 709 g/mol. The van der Waals surface area contributed by atoms with E-state index in [9.17, 15) is 0 Å². The van der Waals surface area contributed by atoms with Crippen molar-refractivity contribution < 1.29 is 4.42 Å². The third-order valence-electron chi connectivity index (χ3n) is 10.6. The molecule has 0 aliphatic carbocycles. The third kappa shape index (κ3) is 5.39. The van der Waals surface area contributed by atoms with E-state index in [2.05, 4.69) is 192 Å². The minimum atomic E-state index is 0.496. The standard InChI is InChI=1S/C50H30N2OS2/c1-3-13-37(41-17-9-19-43-39-15-5-7-21-45(39)54-47(41)43)35(11-1)31-23-27-33(28-24-31)49-51-52-50(53-49)34-29-25-32(26-30-34)36-12-2-4-14-38(36)42-18-10-20-44-40-16-6-8-22-46(40)55-48(42)44/h1-30H. The molecule has 3 nitrogen and oxygen atoms in total. The largest absolute Gasteiger partial charge is 0.416 e. The SMILES string of the molecule is c1ccc(-c2cccc3c2sc2ccccc23)c(-c2ccc(-c3nnc(-c4ccc(-c5ccccc5-c5cccc6c5sc5ccccc56)cc4)o3)cc2)c1. The molecule has 3 heterocycles. The maximum Gasteiger partial charge on any atom is 0.248 e. The highest BCUT2D eigenvalue weighted by atomic mass is 32.1. The van der Waals surface area contributed by atoms with Gasteiger partial charge in [0.15, 0.2) is 0 Å². The quantitative estimate of drug-likeness (QED) is 0.170. The first-order chi connectivity index (χ1) is 27.3. The number of nitrogens with zero attached hydrogens (tertiary/aromatic N) is 2. The smallest absolute Gasteiger partial charge is 0.248 e. The number of hydrogen-bond donors (Lipinski definition) is 0. The summed E-state index contributed by atoms with van der Waals surface area (Å²) in [6, 6.07) is 64.8. The normalized spacial score (nSPS) is 11.6. The average Bonchev–Trinajstić information content (AvgIpc) is 4.00. The number of benzene rings is 8. The van der Waals surface area contributed by atoms with Crippen molar-refractivity contribution in [3.63, 3.8) is 0 Å². The van der Waals surface area contributed by atoms with E-state index < -0.39 is 0 Å². The van der Waals surface area contributed by atoms with E-state index in [1.54, 1.807) is 0 Å². The summed E-state index contributed by atoms with van der Waals surface area (Å²) in [4.78, 5) is 0. The molecule has 0 saturated carbocycles. The zero-order chi connectivity index (χ0) is 36.3. The summed E-state index contributed by atoms with van der Waals surface area (Å²) >= 11 is 3.72. The third-order valence-corrected chi connectivity index (χ3v) is 13.0. The fourth-order valence-corrected chi connectivity index (χ4v) is 10.4. The molecule has 0 atom stereocenters. The second-order valence-corrected chi connectivity index (χ2v) is 15.8. The van der Waals surface area contributed by atoms with Crippen LogP contribution in [0.4, 0.5) is 0 Å². The molecule has 0 N–H and O–H groups in total. The Kier molecular flexibility index (Phi) is 7.54. The van der Waals surface area contributed by atoms with Gasteiger partial charge in [0, 0.05) is 62.6 Å². The molecule has 0 aliphatic heterocycles. The minimum absolute atomic E-state index is 0.496. The fraction of sp³-hybridized carbons (Fsp3) is 0.